The molecule has 1 N–H and O–H groups in total. The van der Waals surface area contributed by atoms with Gasteiger partial charge in [-0.3, -0.25) is 0 Å². The van der Waals surface area contributed by atoms with Gasteiger partial charge in [0.05, 0.1) is 5.70 Å². The maximum Gasteiger partial charge on any atom is 0.0769 e. The van der Waals surface area contributed by atoms with Crippen LogP contribution in [0.5, 0.6) is 0 Å². The third-order valence-corrected chi connectivity index (χ3v) is 1.77. The summed E-state index contributed by atoms with van der Waals surface area (Å²) in [7, 11) is 0. The quantitative estimate of drug-likeness (QED) is 0.502. The highest BCUT2D eigenvalue weighted by Crippen LogP contribution is 1.96. The van der Waals surface area contributed by atoms with E-state index in [1.165, 1.54) is 0 Å². The minimum atomic E-state index is 0.472. The molecule has 0 rings (SSSR count). The van der Waals surface area contributed by atoms with E-state index in [4.69, 9.17) is 0 Å². The Kier molecular flexibility index (Phi) is 6.76. The van der Waals surface area contributed by atoms with Gasteiger partial charge < -0.3 is 5.32 Å². The molecule has 0 aliphatic rings. The van der Waals surface area contributed by atoms with Crippen LogP contribution >= 0.6 is 0 Å². The van der Waals surface area contributed by atoms with E-state index in [2.05, 4.69) is 31.5 Å². The van der Waals surface area contributed by atoms with Gasteiger partial charge in [0.15, 0.2) is 0 Å². The highest BCUT2D eigenvalue weighted by atomic mass is 14.9. The van der Waals surface area contributed by atoms with Crippen LogP contribution in [0.15, 0.2) is 42.3 Å². The monoisotopic (exact) mass is 177 g/mol. The van der Waals surface area contributed by atoms with Crippen molar-refractivity contribution in [3.8, 4) is 0 Å². The minimum Gasteiger partial charge on any atom is -0.376 e. The highest BCUT2D eigenvalue weighted by Gasteiger charge is 1.96. The van der Waals surface area contributed by atoms with E-state index in [-0.39, 0.29) is 0 Å². The van der Waals surface area contributed by atoms with Gasteiger partial charge >= 0.3 is 0 Å². The Morgan fingerprint density at radius 2 is 2.23 bits per heavy atom. The zero-order chi connectivity index (χ0) is 10.1. The van der Waals surface area contributed by atoms with Gasteiger partial charge in [-0.2, -0.15) is 0 Å². The Bertz CT molecular complexity index is 230. The second kappa shape index (κ2) is 7.45. The lowest BCUT2D eigenvalue weighted by Crippen LogP contribution is -2.23. The van der Waals surface area contributed by atoms with E-state index in [9.17, 15) is 0 Å². The molecule has 0 bridgehead atoms. The van der Waals surface area contributed by atoms with Crippen LogP contribution in [0.3, 0.4) is 0 Å². The molecule has 0 saturated heterocycles. The molecule has 0 aromatic heterocycles. The number of hydrogen-bond donors (Lipinski definition) is 1. The van der Waals surface area contributed by atoms with Gasteiger partial charge in [0.25, 0.3) is 0 Å². The topological polar surface area (TPSA) is 12.0 Å². The number of hydrogen-bond acceptors (Lipinski definition) is 1. The molecule has 1 unspecified atom stereocenters. The third kappa shape index (κ3) is 6.01. The molecule has 0 aliphatic heterocycles. The smallest absolute Gasteiger partial charge is 0.0769 e. The van der Waals surface area contributed by atoms with Gasteiger partial charge in [-0.05, 0) is 26.3 Å². The van der Waals surface area contributed by atoms with Gasteiger partial charge in [0.1, 0.15) is 0 Å². The van der Waals surface area contributed by atoms with E-state index in [0.29, 0.717) is 6.04 Å². The fourth-order valence-corrected chi connectivity index (χ4v) is 0.788. The molecule has 72 valence electrons. The van der Waals surface area contributed by atoms with E-state index in [0.717, 1.165) is 12.1 Å². The van der Waals surface area contributed by atoms with E-state index in [1.54, 1.807) is 0 Å². The maximum atomic E-state index is 3.63. The van der Waals surface area contributed by atoms with Crippen LogP contribution in [-0.4, -0.2) is 6.04 Å². The molecule has 0 saturated carbocycles. The second-order valence-electron chi connectivity index (χ2n) is 2.93. The standard InChI is InChI=1S/C12H19N/c1-5-8-9-10-12(7-3)13-11(4)6-2/h5,8-11,13H,3,6H2,1-2,4H3/b8-5+,10-9+. The van der Waals surface area contributed by atoms with Crippen molar-refractivity contribution in [1.29, 1.82) is 0 Å². The van der Waals surface area contributed by atoms with Crippen molar-refractivity contribution in [2.45, 2.75) is 33.2 Å². The first-order chi connectivity index (χ1) is 6.24. The van der Waals surface area contributed by atoms with Crippen LogP contribution in [0, 0.1) is 0 Å². The van der Waals surface area contributed by atoms with Crippen LogP contribution in [-0.2, 0) is 0 Å². The molecular formula is C12H19N. The lowest BCUT2D eigenvalue weighted by atomic mass is 10.2. The van der Waals surface area contributed by atoms with Gasteiger partial charge in [-0.1, -0.05) is 31.7 Å². The molecule has 1 heteroatoms. The summed E-state index contributed by atoms with van der Waals surface area (Å²) in [6.07, 6.45) is 9.01. The fraction of sp³-hybridized carbons (Fsp3) is 0.417. The molecular weight excluding hydrogens is 158 g/mol. The molecule has 0 fully saturated rings. The maximum absolute atomic E-state index is 3.63. The lowest BCUT2D eigenvalue weighted by Gasteiger charge is -2.11. The first kappa shape index (κ1) is 11.8. The van der Waals surface area contributed by atoms with Crippen molar-refractivity contribution in [1.82, 2.24) is 5.32 Å². The van der Waals surface area contributed by atoms with Crippen molar-refractivity contribution in [2.75, 3.05) is 0 Å². The van der Waals surface area contributed by atoms with Crippen molar-refractivity contribution < 1.29 is 0 Å². The Morgan fingerprint density at radius 1 is 1.54 bits per heavy atom. The Morgan fingerprint density at radius 3 is 2.69 bits per heavy atom. The summed E-state index contributed by atoms with van der Waals surface area (Å²) < 4.78 is 0. The molecule has 1 atom stereocenters. The third-order valence-electron chi connectivity index (χ3n) is 1.77. The minimum absolute atomic E-state index is 0.472. The molecule has 0 aliphatic carbocycles. The van der Waals surface area contributed by atoms with E-state index < -0.39 is 0 Å². The van der Waals surface area contributed by atoms with E-state index >= 15 is 0 Å². The van der Waals surface area contributed by atoms with E-state index in [1.807, 2.05) is 31.2 Å². The second-order valence-corrected chi connectivity index (χ2v) is 2.93. The van der Waals surface area contributed by atoms with Gasteiger partial charge in [-0.25, -0.2) is 0 Å². The summed E-state index contributed by atoms with van der Waals surface area (Å²) in [4.78, 5) is 0. The largest absolute Gasteiger partial charge is 0.376 e. The van der Waals surface area contributed by atoms with Crippen molar-refractivity contribution in [3.63, 3.8) is 0 Å². The van der Waals surface area contributed by atoms with Crippen molar-refractivity contribution in [3.05, 3.63) is 42.3 Å². The molecule has 13 heavy (non-hydrogen) atoms. The number of rotatable bonds is 5. The molecule has 0 radical (unpaired) electrons. The number of allylic oxidation sites excluding steroid dienone is 4. The Hall–Kier alpha value is -1.20. The van der Waals surface area contributed by atoms with Crippen LogP contribution in [0.4, 0.5) is 0 Å². The molecule has 0 aromatic rings. The van der Waals surface area contributed by atoms with Gasteiger partial charge in [0, 0.05) is 6.04 Å². The SMILES string of the molecule is C=C=C(/C=C/C=C/C)NC(C)CC. The average molecular weight is 177 g/mol. The van der Waals surface area contributed by atoms with Crippen molar-refractivity contribution in [2.24, 2.45) is 0 Å². The molecule has 0 aromatic carbocycles. The Balaban J connectivity index is 4.14. The molecule has 0 amide bonds. The van der Waals surface area contributed by atoms with Crippen LogP contribution < -0.4 is 5.32 Å². The normalized spacial score (nSPS) is 13.2. The zero-order valence-electron chi connectivity index (χ0n) is 8.80. The van der Waals surface area contributed by atoms with Crippen molar-refractivity contribution >= 4 is 0 Å². The predicted octanol–water partition coefficient (Wildman–Crippen LogP) is 3.18. The average Bonchev–Trinajstić information content (AvgIpc) is 2.16. The first-order valence-corrected chi connectivity index (χ1v) is 4.70. The van der Waals surface area contributed by atoms with Gasteiger partial charge in [-0.15, -0.1) is 5.73 Å². The predicted molar refractivity (Wildman–Crippen MR) is 59.5 cm³/mol. The molecule has 0 heterocycles. The highest BCUT2D eigenvalue weighted by molar-refractivity contribution is 5.19. The van der Waals surface area contributed by atoms with Gasteiger partial charge in [0.2, 0.25) is 0 Å². The summed E-state index contributed by atoms with van der Waals surface area (Å²) in [5.41, 5.74) is 3.81. The van der Waals surface area contributed by atoms with Crippen LogP contribution in [0.1, 0.15) is 27.2 Å². The summed E-state index contributed by atoms with van der Waals surface area (Å²) in [5.74, 6) is 0. The summed E-state index contributed by atoms with van der Waals surface area (Å²) in [5, 5.41) is 3.30. The number of nitrogens with one attached hydrogen (secondary N) is 1. The molecule has 0 spiro atoms. The lowest BCUT2D eigenvalue weighted by molar-refractivity contribution is 0.604. The Labute approximate surface area is 81.5 Å². The zero-order valence-corrected chi connectivity index (χ0v) is 8.80. The fourth-order valence-electron chi connectivity index (χ4n) is 0.788. The summed E-state index contributed by atoms with van der Waals surface area (Å²) in [6.45, 7) is 9.90. The molecule has 1 nitrogen and oxygen atoms in total. The first-order valence-electron chi connectivity index (χ1n) is 4.70. The summed E-state index contributed by atoms with van der Waals surface area (Å²) >= 11 is 0. The summed E-state index contributed by atoms with van der Waals surface area (Å²) in [6, 6.07) is 0.472. The van der Waals surface area contributed by atoms with Crippen LogP contribution in [0.25, 0.3) is 0 Å². The van der Waals surface area contributed by atoms with Crippen LogP contribution in [0.2, 0.25) is 0 Å².